The normalized spacial score (nSPS) is 10.7. The van der Waals surface area contributed by atoms with Crippen molar-refractivity contribution in [2.45, 2.75) is 6.42 Å². The van der Waals surface area contributed by atoms with Gasteiger partial charge in [-0.2, -0.15) is 5.10 Å². The van der Waals surface area contributed by atoms with Crippen molar-refractivity contribution >= 4 is 22.4 Å². The number of amides is 1. The molecule has 0 aliphatic rings. The lowest BCUT2D eigenvalue weighted by Gasteiger charge is -2.05. The first kappa shape index (κ1) is 13.1. The summed E-state index contributed by atoms with van der Waals surface area (Å²) in [4.78, 5) is 26.2. The Bertz CT molecular complexity index is 863. The highest BCUT2D eigenvalue weighted by atomic mass is 16.1. The van der Waals surface area contributed by atoms with Crippen LogP contribution in [0.4, 0.5) is 5.69 Å². The second-order valence-corrected chi connectivity index (χ2v) is 4.86. The van der Waals surface area contributed by atoms with Gasteiger partial charge in [-0.1, -0.05) is 0 Å². The lowest BCUT2D eigenvalue weighted by Crippen LogP contribution is -2.14. The molecule has 21 heavy (non-hydrogen) atoms. The van der Waals surface area contributed by atoms with Crippen LogP contribution in [-0.2, 0) is 18.3 Å². The van der Waals surface area contributed by atoms with E-state index in [2.05, 4.69) is 15.4 Å². The van der Waals surface area contributed by atoms with Gasteiger partial charge >= 0.3 is 0 Å². The molecule has 0 atom stereocenters. The van der Waals surface area contributed by atoms with E-state index in [0.29, 0.717) is 11.1 Å². The summed E-state index contributed by atoms with van der Waals surface area (Å²) < 4.78 is 1.66. The maximum absolute atomic E-state index is 12.0. The van der Waals surface area contributed by atoms with Crippen molar-refractivity contribution in [2.24, 2.45) is 7.05 Å². The number of fused-ring (bicyclic) bond motifs is 1. The molecule has 2 aromatic heterocycles. The second kappa shape index (κ2) is 5.24. The molecule has 0 saturated heterocycles. The molecule has 0 fully saturated rings. The molecular formula is C15H14N4O2. The number of H-pyrrole nitrogens is 1. The molecule has 0 saturated carbocycles. The third-order valence-electron chi connectivity index (χ3n) is 3.18. The molecule has 6 nitrogen and oxygen atoms in total. The predicted octanol–water partition coefficient (Wildman–Crippen LogP) is 1.44. The monoisotopic (exact) mass is 282 g/mol. The molecule has 6 heteroatoms. The zero-order valence-electron chi connectivity index (χ0n) is 11.5. The summed E-state index contributed by atoms with van der Waals surface area (Å²) in [5, 5.41) is 8.24. The minimum atomic E-state index is -0.138. The van der Waals surface area contributed by atoms with Gasteiger partial charge in [0.1, 0.15) is 0 Å². The molecule has 0 aliphatic heterocycles. The van der Waals surface area contributed by atoms with E-state index in [1.54, 1.807) is 47.5 Å². The Morgan fingerprint density at radius 3 is 3.00 bits per heavy atom. The standard InChI is InChI=1S/C15H14N4O2/c1-19-9-10(8-17-19)6-14(20)18-12-2-3-13-11(7-12)4-5-16-15(13)21/h2-5,7-9H,6H2,1H3,(H,16,21)(H,18,20). The Kier molecular flexibility index (Phi) is 3.27. The van der Waals surface area contributed by atoms with Crippen LogP contribution >= 0.6 is 0 Å². The highest BCUT2D eigenvalue weighted by Crippen LogP contribution is 2.16. The zero-order chi connectivity index (χ0) is 14.8. The topological polar surface area (TPSA) is 79.8 Å². The number of aryl methyl sites for hydroxylation is 1. The summed E-state index contributed by atoms with van der Waals surface area (Å²) in [7, 11) is 1.81. The quantitative estimate of drug-likeness (QED) is 0.763. The van der Waals surface area contributed by atoms with Crippen molar-refractivity contribution in [2.75, 3.05) is 5.32 Å². The molecule has 2 heterocycles. The highest BCUT2D eigenvalue weighted by molar-refractivity contribution is 5.95. The average Bonchev–Trinajstić information content (AvgIpc) is 2.84. The Labute approximate surface area is 120 Å². The van der Waals surface area contributed by atoms with Crippen LogP contribution in [-0.4, -0.2) is 20.7 Å². The van der Waals surface area contributed by atoms with E-state index < -0.39 is 0 Å². The molecule has 0 radical (unpaired) electrons. The molecule has 0 spiro atoms. The van der Waals surface area contributed by atoms with E-state index in [0.717, 1.165) is 10.9 Å². The van der Waals surface area contributed by atoms with Gasteiger partial charge in [0.05, 0.1) is 12.6 Å². The first-order valence-corrected chi connectivity index (χ1v) is 6.51. The number of aromatic amines is 1. The van der Waals surface area contributed by atoms with E-state index in [1.165, 1.54) is 0 Å². The fourth-order valence-electron chi connectivity index (χ4n) is 2.22. The van der Waals surface area contributed by atoms with Crippen LogP contribution < -0.4 is 10.9 Å². The molecule has 0 unspecified atom stereocenters. The number of rotatable bonds is 3. The van der Waals surface area contributed by atoms with Gasteiger partial charge < -0.3 is 10.3 Å². The number of aromatic nitrogens is 3. The SMILES string of the molecule is Cn1cc(CC(=O)Nc2ccc3c(=O)[nH]ccc3c2)cn1. The minimum absolute atomic E-state index is 0.118. The maximum Gasteiger partial charge on any atom is 0.255 e. The summed E-state index contributed by atoms with van der Waals surface area (Å²) in [6.45, 7) is 0. The summed E-state index contributed by atoms with van der Waals surface area (Å²) >= 11 is 0. The van der Waals surface area contributed by atoms with Crippen molar-refractivity contribution < 1.29 is 4.79 Å². The van der Waals surface area contributed by atoms with Gasteiger partial charge in [-0.15, -0.1) is 0 Å². The Balaban J connectivity index is 1.78. The summed E-state index contributed by atoms with van der Waals surface area (Å²) in [6, 6.07) is 7.01. The van der Waals surface area contributed by atoms with Crippen LogP contribution in [0.15, 0.2) is 47.7 Å². The van der Waals surface area contributed by atoms with Crippen LogP contribution in [0.3, 0.4) is 0 Å². The number of carbonyl (C=O) groups is 1. The fraction of sp³-hybridized carbons (Fsp3) is 0.133. The van der Waals surface area contributed by atoms with Crippen molar-refractivity contribution in [3.63, 3.8) is 0 Å². The molecular weight excluding hydrogens is 268 g/mol. The Morgan fingerprint density at radius 1 is 1.38 bits per heavy atom. The Morgan fingerprint density at radius 2 is 2.24 bits per heavy atom. The van der Waals surface area contributed by atoms with Gasteiger partial charge in [0, 0.05) is 30.5 Å². The number of pyridine rings is 1. The van der Waals surface area contributed by atoms with Gasteiger partial charge in [0.25, 0.3) is 5.56 Å². The highest BCUT2D eigenvalue weighted by Gasteiger charge is 2.07. The molecule has 2 N–H and O–H groups in total. The van der Waals surface area contributed by atoms with E-state index in [4.69, 9.17) is 0 Å². The molecule has 106 valence electrons. The van der Waals surface area contributed by atoms with Gasteiger partial charge in [-0.05, 0) is 35.2 Å². The van der Waals surface area contributed by atoms with Gasteiger partial charge in [-0.25, -0.2) is 0 Å². The number of anilines is 1. The number of nitrogens with one attached hydrogen (secondary N) is 2. The van der Waals surface area contributed by atoms with Crippen molar-refractivity contribution in [1.29, 1.82) is 0 Å². The van der Waals surface area contributed by atoms with Crippen molar-refractivity contribution in [1.82, 2.24) is 14.8 Å². The molecule has 0 bridgehead atoms. The Hall–Kier alpha value is -2.89. The zero-order valence-corrected chi connectivity index (χ0v) is 11.5. The molecule has 3 rings (SSSR count). The lowest BCUT2D eigenvalue weighted by atomic mass is 10.1. The molecule has 0 aliphatic carbocycles. The average molecular weight is 282 g/mol. The maximum atomic E-state index is 12.0. The van der Waals surface area contributed by atoms with E-state index in [1.807, 2.05) is 7.05 Å². The minimum Gasteiger partial charge on any atom is -0.329 e. The lowest BCUT2D eigenvalue weighted by molar-refractivity contribution is -0.115. The van der Waals surface area contributed by atoms with Crippen LogP contribution in [0, 0.1) is 0 Å². The summed E-state index contributed by atoms with van der Waals surface area (Å²) in [5.74, 6) is -0.118. The largest absolute Gasteiger partial charge is 0.329 e. The smallest absolute Gasteiger partial charge is 0.255 e. The summed E-state index contributed by atoms with van der Waals surface area (Å²) in [6.07, 6.45) is 5.33. The van der Waals surface area contributed by atoms with Crippen molar-refractivity contribution in [3.05, 3.63) is 58.8 Å². The number of hydrogen-bond donors (Lipinski definition) is 2. The molecule has 1 amide bonds. The first-order chi connectivity index (χ1) is 10.1. The van der Waals surface area contributed by atoms with Crippen LogP contribution in [0.25, 0.3) is 10.8 Å². The molecule has 3 aromatic rings. The third kappa shape index (κ3) is 2.84. The first-order valence-electron chi connectivity index (χ1n) is 6.51. The van der Waals surface area contributed by atoms with Crippen molar-refractivity contribution in [3.8, 4) is 0 Å². The van der Waals surface area contributed by atoms with E-state index >= 15 is 0 Å². The van der Waals surface area contributed by atoms with E-state index in [9.17, 15) is 9.59 Å². The van der Waals surface area contributed by atoms with Gasteiger partial charge in [-0.3, -0.25) is 14.3 Å². The number of carbonyl (C=O) groups excluding carboxylic acids is 1. The number of benzene rings is 1. The van der Waals surface area contributed by atoms with Crippen LogP contribution in [0.2, 0.25) is 0 Å². The fourth-order valence-corrected chi connectivity index (χ4v) is 2.22. The second-order valence-electron chi connectivity index (χ2n) is 4.86. The van der Waals surface area contributed by atoms with Gasteiger partial charge in [0.15, 0.2) is 0 Å². The summed E-state index contributed by atoms with van der Waals surface area (Å²) in [5.41, 5.74) is 1.38. The number of nitrogens with zero attached hydrogens (tertiary/aromatic N) is 2. The van der Waals surface area contributed by atoms with Gasteiger partial charge in [0.2, 0.25) is 5.91 Å². The van der Waals surface area contributed by atoms with Crippen LogP contribution in [0.5, 0.6) is 0 Å². The van der Waals surface area contributed by atoms with E-state index in [-0.39, 0.29) is 17.9 Å². The molecule has 1 aromatic carbocycles. The number of hydrogen-bond acceptors (Lipinski definition) is 3. The third-order valence-corrected chi connectivity index (χ3v) is 3.18. The predicted molar refractivity (Wildman–Crippen MR) is 80.1 cm³/mol. The van der Waals surface area contributed by atoms with Crippen LogP contribution in [0.1, 0.15) is 5.56 Å².